The first-order valence-electron chi connectivity index (χ1n) is 14.9. The number of aromatic nitrogens is 2. The van der Waals surface area contributed by atoms with E-state index in [2.05, 4.69) is 20.0 Å². The Morgan fingerprint density at radius 2 is 2.10 bits per heavy atom. The van der Waals surface area contributed by atoms with Gasteiger partial charge < -0.3 is 19.5 Å². The van der Waals surface area contributed by atoms with E-state index in [-0.39, 0.29) is 41.7 Å². The fourth-order valence-electron chi connectivity index (χ4n) is 2.94. The molecule has 1 saturated heterocycles. The lowest BCUT2D eigenvalue weighted by atomic mass is 10.2. The van der Waals surface area contributed by atoms with E-state index < -0.39 is 39.7 Å². The van der Waals surface area contributed by atoms with Crippen molar-refractivity contribution in [1.82, 2.24) is 14.9 Å². The van der Waals surface area contributed by atoms with Crippen LogP contribution in [0.5, 0.6) is 11.5 Å². The number of hydrogen-bond acceptors (Lipinski definition) is 7. The summed E-state index contributed by atoms with van der Waals surface area (Å²) in [5, 5.41) is 3.44. The highest BCUT2D eigenvalue weighted by atomic mass is 19.1. The van der Waals surface area contributed by atoms with Gasteiger partial charge in [0.15, 0.2) is 11.5 Å². The second-order valence-electron chi connectivity index (χ2n) is 6.61. The number of fused-ring (bicyclic) bond motifs is 1. The van der Waals surface area contributed by atoms with Crippen LogP contribution in [0.2, 0.25) is 0 Å². The molecule has 1 aliphatic rings. The standard InChI is InChI=1S/C23H27FN4O3/c1-16-12-17(4-5-19(16)24)27-23-18-13-22(21(29-2)14-20(18)25-15-26-23)31-9-3-6-28-7-10-30-11-8-28/h4-5,12-15H,3,6-11H2,1-2H3,(H,25,26,27)/i2D3,7D2,8D2,10D2,11D2. The average molecular weight is 438 g/mol. The quantitative estimate of drug-likeness (QED) is 0.536. The SMILES string of the molecule is [2H]C([2H])([2H])Oc1cc2ncnc(Nc3ccc(F)c(C)c3)c2cc1OCCCN1C([2H])([2H])C([2H])([2H])OC([2H])([2H])C1([2H])[2H]. The van der Waals surface area contributed by atoms with Crippen molar-refractivity contribution in [3.63, 3.8) is 0 Å². The second kappa shape index (κ2) is 9.89. The van der Waals surface area contributed by atoms with E-state index in [1.165, 1.54) is 30.6 Å². The molecule has 0 radical (unpaired) electrons. The lowest BCUT2D eigenvalue weighted by Gasteiger charge is -2.26. The third-order valence-electron chi connectivity index (χ3n) is 4.48. The van der Waals surface area contributed by atoms with Crippen LogP contribution in [-0.2, 0) is 4.74 Å². The van der Waals surface area contributed by atoms with Gasteiger partial charge in [-0.3, -0.25) is 4.90 Å². The van der Waals surface area contributed by atoms with Gasteiger partial charge in [0, 0.05) is 42.2 Å². The van der Waals surface area contributed by atoms with Crippen LogP contribution in [0.15, 0.2) is 36.7 Å². The molecule has 0 bridgehead atoms. The number of morpholine rings is 1. The van der Waals surface area contributed by atoms with Gasteiger partial charge in [-0.1, -0.05) is 0 Å². The van der Waals surface area contributed by atoms with Crippen LogP contribution in [0.4, 0.5) is 15.9 Å². The number of halogens is 1. The topological polar surface area (TPSA) is 68.7 Å². The van der Waals surface area contributed by atoms with Crippen LogP contribution in [0.3, 0.4) is 0 Å². The second-order valence-corrected chi connectivity index (χ2v) is 6.61. The zero-order valence-corrected chi connectivity index (χ0v) is 16.5. The number of anilines is 2. The highest BCUT2D eigenvalue weighted by molar-refractivity contribution is 5.93. The first-order valence-corrected chi connectivity index (χ1v) is 9.37. The minimum Gasteiger partial charge on any atom is -0.493 e. The van der Waals surface area contributed by atoms with Gasteiger partial charge in [-0.2, -0.15) is 0 Å². The molecule has 0 saturated carbocycles. The minimum absolute atomic E-state index is 0.0644. The maximum atomic E-state index is 13.7. The third-order valence-corrected chi connectivity index (χ3v) is 4.48. The van der Waals surface area contributed by atoms with Crippen molar-refractivity contribution in [3.05, 3.63) is 48.0 Å². The monoisotopic (exact) mass is 437 g/mol. The fourth-order valence-corrected chi connectivity index (χ4v) is 2.94. The molecular weight excluding hydrogens is 399 g/mol. The van der Waals surface area contributed by atoms with Crippen molar-refractivity contribution < 1.29 is 33.7 Å². The molecule has 164 valence electrons. The molecule has 0 spiro atoms. The molecule has 4 rings (SSSR count). The molecule has 0 aliphatic carbocycles. The van der Waals surface area contributed by atoms with Gasteiger partial charge in [0.05, 0.1) is 41.9 Å². The van der Waals surface area contributed by atoms with Crippen molar-refractivity contribution in [2.24, 2.45) is 0 Å². The van der Waals surface area contributed by atoms with E-state index in [1.54, 1.807) is 13.0 Å². The Hall–Kier alpha value is -2.97. The van der Waals surface area contributed by atoms with E-state index >= 15 is 0 Å². The highest BCUT2D eigenvalue weighted by Gasteiger charge is 2.13. The van der Waals surface area contributed by atoms with Crippen molar-refractivity contribution in [1.29, 1.82) is 0 Å². The zero-order valence-electron chi connectivity index (χ0n) is 27.5. The van der Waals surface area contributed by atoms with Gasteiger partial charge in [0.1, 0.15) is 18.0 Å². The van der Waals surface area contributed by atoms with E-state index in [4.69, 9.17) is 24.6 Å². The van der Waals surface area contributed by atoms with Crippen LogP contribution in [0.25, 0.3) is 10.9 Å². The minimum atomic E-state index is -3.17. The summed E-state index contributed by atoms with van der Waals surface area (Å²) < 4.78 is 115. The maximum absolute atomic E-state index is 13.7. The average Bonchev–Trinajstić information content (AvgIpc) is 2.84. The molecule has 1 fully saturated rings. The summed E-state index contributed by atoms with van der Waals surface area (Å²) in [6, 6.07) is 7.10. The molecule has 2 aromatic carbocycles. The Balaban J connectivity index is 1.60. The van der Waals surface area contributed by atoms with E-state index in [0.717, 1.165) is 0 Å². The molecule has 31 heavy (non-hydrogen) atoms. The van der Waals surface area contributed by atoms with Crippen molar-refractivity contribution in [2.75, 3.05) is 51.6 Å². The molecule has 3 aromatic rings. The van der Waals surface area contributed by atoms with Gasteiger partial charge in [-0.05, 0) is 43.2 Å². The number of hydrogen-bond donors (Lipinski definition) is 1. The first kappa shape index (κ1) is 11.6. The largest absolute Gasteiger partial charge is 0.493 e. The van der Waals surface area contributed by atoms with Gasteiger partial charge in [0.2, 0.25) is 0 Å². The fraction of sp³-hybridized carbons (Fsp3) is 0.391. The molecule has 1 aromatic heterocycles. The van der Waals surface area contributed by atoms with Crippen LogP contribution in [0.1, 0.15) is 27.1 Å². The summed E-state index contributed by atoms with van der Waals surface area (Å²) in [4.78, 5) is 8.78. The smallest absolute Gasteiger partial charge is 0.162 e. The Morgan fingerprint density at radius 1 is 1.23 bits per heavy atom. The molecule has 1 N–H and O–H groups in total. The van der Waals surface area contributed by atoms with E-state index in [9.17, 15) is 4.39 Å². The number of benzene rings is 2. The molecule has 8 heteroatoms. The Kier molecular flexibility index (Phi) is 3.70. The first-order chi connectivity index (χ1) is 19.2. The Labute approximate surface area is 196 Å². The normalized spacial score (nSPS) is 26.7. The molecule has 1 aliphatic heterocycles. The zero-order chi connectivity index (χ0) is 31.3. The number of nitrogens with zero attached hydrogens (tertiary/aromatic N) is 3. The number of rotatable bonds is 8. The summed E-state index contributed by atoms with van der Waals surface area (Å²) in [6.07, 6.45) is 1.10. The molecule has 7 nitrogen and oxygen atoms in total. The summed E-state index contributed by atoms with van der Waals surface area (Å²) >= 11 is 0. The summed E-state index contributed by atoms with van der Waals surface area (Å²) in [5.74, 6) is -0.365. The highest BCUT2D eigenvalue weighted by Crippen LogP contribution is 2.35. The van der Waals surface area contributed by atoms with Crippen molar-refractivity contribution >= 4 is 22.4 Å². The van der Waals surface area contributed by atoms with E-state index in [1.807, 2.05) is 0 Å². The Morgan fingerprint density at radius 3 is 2.90 bits per heavy atom. The predicted octanol–water partition coefficient (Wildman–Crippen LogP) is 3.93. The lowest BCUT2D eigenvalue weighted by Crippen LogP contribution is -2.37. The molecule has 2 heterocycles. The Bertz CT molecular complexity index is 1450. The molecule has 0 atom stereocenters. The van der Waals surface area contributed by atoms with Gasteiger partial charge in [-0.15, -0.1) is 0 Å². The number of ether oxygens (including phenoxy) is 3. The van der Waals surface area contributed by atoms with Gasteiger partial charge in [-0.25, -0.2) is 14.4 Å². The summed E-state index contributed by atoms with van der Waals surface area (Å²) in [5.41, 5.74) is 1.20. The van der Waals surface area contributed by atoms with Crippen LogP contribution < -0.4 is 14.8 Å². The van der Waals surface area contributed by atoms with Gasteiger partial charge in [0.25, 0.3) is 0 Å². The van der Waals surface area contributed by atoms with E-state index in [0.29, 0.717) is 21.5 Å². The maximum Gasteiger partial charge on any atom is 0.162 e. The van der Waals surface area contributed by atoms with Crippen LogP contribution in [0, 0.1) is 12.7 Å². The predicted molar refractivity (Wildman–Crippen MR) is 118 cm³/mol. The number of nitrogens with one attached hydrogen (secondary N) is 1. The molecule has 0 unspecified atom stereocenters. The summed E-state index contributed by atoms with van der Waals surface area (Å²) in [6.45, 7) is -11.6. The molecule has 0 amide bonds. The van der Waals surface area contributed by atoms with Crippen molar-refractivity contribution in [2.45, 2.75) is 13.3 Å². The van der Waals surface area contributed by atoms with Gasteiger partial charge >= 0.3 is 0 Å². The van der Waals surface area contributed by atoms with Crippen LogP contribution >= 0.6 is 0 Å². The van der Waals surface area contributed by atoms with Crippen molar-refractivity contribution in [3.8, 4) is 11.5 Å². The lowest BCUT2D eigenvalue weighted by molar-refractivity contribution is 0.0357. The third kappa shape index (κ3) is 5.21. The molecular formula is C23H27FN4O3. The summed E-state index contributed by atoms with van der Waals surface area (Å²) in [7, 11) is -2.86. The number of methoxy groups -OCH3 is 1. The van der Waals surface area contributed by atoms with Crippen LogP contribution in [-0.4, -0.2) is 61.2 Å². The number of aryl methyl sites for hydroxylation is 1.